The molecule has 2 fully saturated rings. The summed E-state index contributed by atoms with van der Waals surface area (Å²) in [5.41, 5.74) is 4.09. The molecule has 1 aliphatic carbocycles. The number of piperidine rings is 1. The molecule has 1 aromatic heterocycles. The van der Waals surface area contributed by atoms with Crippen LogP contribution >= 0.6 is 0 Å². The fraction of sp³-hybridized carbons (Fsp3) is 0.333. The summed E-state index contributed by atoms with van der Waals surface area (Å²) in [7, 11) is -4.12. The first-order chi connectivity index (χ1) is 18.5. The number of ether oxygens (including phenoxy) is 1. The molecule has 0 radical (unpaired) electrons. The summed E-state index contributed by atoms with van der Waals surface area (Å²) >= 11 is 0. The Morgan fingerprint density at radius 3 is 2.05 bits per heavy atom. The predicted octanol–water partition coefficient (Wildman–Crippen LogP) is 4.59. The minimum atomic E-state index is -4.76. The minimum absolute atomic E-state index is 0.0208. The quantitative estimate of drug-likeness (QED) is 0.321. The van der Waals surface area contributed by atoms with E-state index in [1.54, 1.807) is 35.9 Å². The number of rotatable bonds is 7. The van der Waals surface area contributed by atoms with Gasteiger partial charge in [-0.25, -0.2) is 13.9 Å². The van der Waals surface area contributed by atoms with Crippen molar-refractivity contribution < 1.29 is 36.3 Å². The molecule has 3 aromatic rings. The summed E-state index contributed by atoms with van der Waals surface area (Å²) in [5.74, 6) is -1.24. The first-order valence-electron chi connectivity index (χ1n) is 12.4. The van der Waals surface area contributed by atoms with Crippen molar-refractivity contribution in [1.29, 1.82) is 0 Å². The van der Waals surface area contributed by atoms with Crippen LogP contribution in [0.15, 0.2) is 71.8 Å². The second-order valence-corrected chi connectivity index (χ2v) is 12.0. The number of pyridine rings is 1. The monoisotopic (exact) mass is 561 g/mol. The molecule has 0 atom stereocenters. The Labute approximate surface area is 223 Å². The van der Waals surface area contributed by atoms with Gasteiger partial charge >= 0.3 is 6.36 Å². The van der Waals surface area contributed by atoms with E-state index in [0.717, 1.165) is 12.8 Å². The third-order valence-corrected chi connectivity index (χ3v) is 9.86. The van der Waals surface area contributed by atoms with Gasteiger partial charge in [-0.1, -0.05) is 30.3 Å². The lowest BCUT2D eigenvalue weighted by Gasteiger charge is -2.39. The molecule has 12 heteroatoms. The van der Waals surface area contributed by atoms with Gasteiger partial charge in [0.2, 0.25) is 0 Å². The number of hydrogen-bond donors (Lipinski definition) is 2. The van der Waals surface area contributed by atoms with Gasteiger partial charge in [-0.05, 0) is 61.6 Å². The summed E-state index contributed by atoms with van der Waals surface area (Å²) in [6, 6.07) is 15.4. The number of amides is 1. The van der Waals surface area contributed by atoms with Crippen LogP contribution in [-0.4, -0.2) is 59.7 Å². The van der Waals surface area contributed by atoms with Gasteiger partial charge in [0.05, 0.1) is 10.6 Å². The number of alkyl halides is 3. The predicted molar refractivity (Wildman–Crippen MR) is 135 cm³/mol. The highest BCUT2D eigenvalue weighted by molar-refractivity contribution is 7.93. The van der Waals surface area contributed by atoms with Crippen LogP contribution in [0.2, 0.25) is 0 Å². The molecule has 1 aliphatic heterocycles. The summed E-state index contributed by atoms with van der Waals surface area (Å²) in [6.45, 7) is 0.924. The number of hydrogen-bond acceptors (Lipinski definition) is 7. The third kappa shape index (κ3) is 5.49. The molecule has 39 heavy (non-hydrogen) atoms. The summed E-state index contributed by atoms with van der Waals surface area (Å²) in [5, 5.41) is 9.37. The Morgan fingerprint density at radius 1 is 0.949 bits per heavy atom. The van der Waals surface area contributed by atoms with Gasteiger partial charge in [-0.15, -0.1) is 13.2 Å². The maximum Gasteiger partial charge on any atom is 0.573 e. The molecular weight excluding hydrogens is 535 g/mol. The number of carbonyl (C=O) groups is 1. The van der Waals surface area contributed by atoms with E-state index in [1.165, 1.54) is 36.4 Å². The average Bonchev–Trinajstić information content (AvgIpc) is 3.78. The zero-order valence-electron chi connectivity index (χ0n) is 20.7. The molecule has 0 unspecified atom stereocenters. The number of halogens is 3. The van der Waals surface area contributed by atoms with Crippen LogP contribution in [-0.2, 0) is 14.6 Å². The van der Waals surface area contributed by atoms with E-state index in [-0.39, 0.29) is 23.5 Å². The smallest absolute Gasteiger partial charge is 0.406 e. The van der Waals surface area contributed by atoms with Crippen LogP contribution in [0.1, 0.15) is 25.7 Å². The minimum Gasteiger partial charge on any atom is -0.406 e. The van der Waals surface area contributed by atoms with E-state index >= 15 is 0 Å². The number of carbonyl (C=O) groups excluding carboxylic acids is 1. The highest BCUT2D eigenvalue weighted by Gasteiger charge is 2.54. The molecule has 1 saturated carbocycles. The van der Waals surface area contributed by atoms with Crippen LogP contribution in [0.4, 0.5) is 13.2 Å². The van der Waals surface area contributed by atoms with Crippen LogP contribution in [0, 0.1) is 0 Å². The van der Waals surface area contributed by atoms with Gasteiger partial charge in [0.1, 0.15) is 5.75 Å². The lowest BCUT2D eigenvalue weighted by molar-refractivity contribution is -0.274. The molecule has 5 rings (SSSR count). The maximum absolute atomic E-state index is 13.7. The molecule has 1 saturated heterocycles. The lowest BCUT2D eigenvalue weighted by Crippen LogP contribution is -2.58. The molecule has 0 spiro atoms. The maximum atomic E-state index is 13.7. The van der Waals surface area contributed by atoms with Crippen molar-refractivity contribution in [2.24, 2.45) is 0 Å². The topological polar surface area (TPSA) is 109 Å². The normalized spacial score (nSPS) is 17.9. The summed E-state index contributed by atoms with van der Waals surface area (Å²) in [6.07, 6.45) is -0.872. The first-order valence-corrected chi connectivity index (χ1v) is 13.9. The van der Waals surface area contributed by atoms with Gasteiger partial charge in [0.25, 0.3) is 5.91 Å². The fourth-order valence-electron chi connectivity index (χ4n) is 5.02. The van der Waals surface area contributed by atoms with E-state index in [9.17, 15) is 31.6 Å². The number of hydroxylamine groups is 1. The van der Waals surface area contributed by atoms with E-state index < -0.39 is 26.9 Å². The van der Waals surface area contributed by atoms with Gasteiger partial charge in [0.15, 0.2) is 14.6 Å². The second kappa shape index (κ2) is 10.2. The molecule has 2 N–H and O–H groups in total. The number of aromatic nitrogens is 1. The van der Waals surface area contributed by atoms with Crippen molar-refractivity contribution in [3.05, 3.63) is 66.9 Å². The zero-order valence-corrected chi connectivity index (χ0v) is 21.5. The Morgan fingerprint density at radius 2 is 1.54 bits per heavy atom. The van der Waals surface area contributed by atoms with Crippen molar-refractivity contribution >= 4 is 15.7 Å². The van der Waals surface area contributed by atoms with Crippen LogP contribution in [0.3, 0.4) is 0 Å². The molecular formula is C27H26F3N3O5S. The molecule has 2 aliphatic rings. The fourth-order valence-corrected chi connectivity index (χ4v) is 6.98. The first kappa shape index (κ1) is 27.1. The van der Waals surface area contributed by atoms with Crippen molar-refractivity contribution in [3.63, 3.8) is 0 Å². The van der Waals surface area contributed by atoms with Crippen molar-refractivity contribution in [3.8, 4) is 28.1 Å². The lowest BCUT2D eigenvalue weighted by atomic mass is 9.94. The Hall–Kier alpha value is -3.48. The van der Waals surface area contributed by atoms with E-state index in [0.29, 0.717) is 41.5 Å². The largest absolute Gasteiger partial charge is 0.573 e. The standard InChI is InChI=1S/C27H26F3N3O5S/c28-27(29,30)38-22-8-1-18(2-9-22)20-5-12-24(31-17-20)19-3-10-23(11-4-19)39(36,37)26(25(34)32-35)13-15-33(16-14-26)21-6-7-21/h1-5,8-12,17,21,35H,6-7,13-16H2,(H,32,34). The molecule has 1 amide bonds. The number of likely N-dealkylation sites (tertiary alicyclic amines) is 1. The Kier molecular flexibility index (Phi) is 7.12. The molecule has 206 valence electrons. The average molecular weight is 562 g/mol. The molecule has 8 nitrogen and oxygen atoms in total. The number of nitrogens with zero attached hydrogens (tertiary/aromatic N) is 2. The Balaban J connectivity index is 1.33. The van der Waals surface area contributed by atoms with E-state index in [1.807, 2.05) is 0 Å². The number of sulfone groups is 1. The highest BCUT2D eigenvalue weighted by Crippen LogP contribution is 2.39. The van der Waals surface area contributed by atoms with E-state index in [2.05, 4.69) is 14.6 Å². The molecule has 2 aromatic carbocycles. The van der Waals surface area contributed by atoms with Gasteiger partial charge < -0.3 is 9.64 Å². The van der Waals surface area contributed by atoms with Crippen molar-refractivity contribution in [1.82, 2.24) is 15.4 Å². The summed E-state index contributed by atoms with van der Waals surface area (Å²) in [4.78, 5) is 19.3. The third-order valence-electron chi connectivity index (χ3n) is 7.34. The second-order valence-electron chi connectivity index (χ2n) is 9.73. The van der Waals surface area contributed by atoms with Gasteiger partial charge in [-0.3, -0.25) is 15.0 Å². The van der Waals surface area contributed by atoms with Crippen LogP contribution in [0.5, 0.6) is 5.75 Å². The SMILES string of the molecule is O=C(NO)C1(S(=O)(=O)c2ccc(-c3ccc(-c4ccc(OC(F)(F)F)cc4)cn3)cc2)CCN(C2CC2)CC1. The van der Waals surface area contributed by atoms with Crippen molar-refractivity contribution in [2.45, 2.75) is 47.7 Å². The van der Waals surface area contributed by atoms with Gasteiger partial charge in [-0.2, -0.15) is 0 Å². The number of nitrogens with one attached hydrogen (secondary N) is 1. The van der Waals surface area contributed by atoms with Crippen molar-refractivity contribution in [2.75, 3.05) is 13.1 Å². The highest BCUT2D eigenvalue weighted by atomic mass is 32.2. The summed E-state index contributed by atoms with van der Waals surface area (Å²) < 4.78 is 66.6. The Bertz CT molecular complexity index is 1430. The number of benzene rings is 2. The van der Waals surface area contributed by atoms with Crippen LogP contribution in [0.25, 0.3) is 22.4 Å². The van der Waals surface area contributed by atoms with Gasteiger partial charge in [0, 0.05) is 36.5 Å². The molecule has 0 bridgehead atoms. The molecule has 2 heterocycles. The zero-order chi connectivity index (χ0) is 27.8. The van der Waals surface area contributed by atoms with Crippen LogP contribution < -0.4 is 10.2 Å². The van der Waals surface area contributed by atoms with E-state index in [4.69, 9.17) is 0 Å².